The Morgan fingerprint density at radius 1 is 1.43 bits per heavy atom. The Morgan fingerprint density at radius 2 is 2.14 bits per heavy atom. The number of aromatic hydroxyl groups is 1. The second-order valence-corrected chi connectivity index (χ2v) is 5.41. The first-order valence-corrected chi connectivity index (χ1v) is 5.96. The number of rotatable bonds is 1. The highest BCUT2D eigenvalue weighted by Crippen LogP contribution is 2.30. The molecule has 3 N–H and O–H groups in total. The number of phenolic OH excluding ortho intramolecular Hbond substituents is 1. The van der Waals surface area contributed by atoms with E-state index in [9.17, 15) is 13.5 Å². The van der Waals surface area contributed by atoms with E-state index in [-0.39, 0.29) is 15.6 Å². The first-order chi connectivity index (χ1) is 6.48. The quantitative estimate of drug-likeness (QED) is 0.752. The molecule has 2 aromatic rings. The average Bonchev–Trinajstić information content (AvgIpc) is 2.48. The van der Waals surface area contributed by atoms with Crippen LogP contribution in [0.1, 0.15) is 0 Å². The van der Waals surface area contributed by atoms with Crippen LogP contribution in [-0.2, 0) is 10.0 Å². The van der Waals surface area contributed by atoms with E-state index < -0.39 is 10.0 Å². The molecule has 0 radical (unpaired) electrons. The molecule has 0 aliphatic rings. The maximum absolute atomic E-state index is 11.0. The number of fused-ring (bicyclic) bond motifs is 1. The van der Waals surface area contributed by atoms with Gasteiger partial charge in [0.1, 0.15) is 11.3 Å². The fourth-order valence-corrected chi connectivity index (χ4v) is 2.71. The molecule has 74 valence electrons. The molecule has 14 heavy (non-hydrogen) atoms. The van der Waals surface area contributed by atoms with Crippen molar-refractivity contribution >= 4 is 31.6 Å². The summed E-state index contributed by atoms with van der Waals surface area (Å²) in [6.07, 6.45) is 0. The summed E-state index contributed by atoms with van der Waals surface area (Å²) in [5, 5.41) is 14.3. The molecule has 2 rings (SSSR count). The molecule has 1 heterocycles. The molecule has 0 saturated carbocycles. The third kappa shape index (κ3) is 1.45. The summed E-state index contributed by atoms with van der Waals surface area (Å²) in [4.78, 5) is 3.74. The van der Waals surface area contributed by atoms with Crippen molar-refractivity contribution in [3.05, 3.63) is 18.2 Å². The third-order valence-electron chi connectivity index (χ3n) is 1.62. The van der Waals surface area contributed by atoms with E-state index in [1.807, 2.05) is 0 Å². The monoisotopic (exact) mass is 230 g/mol. The topological polar surface area (TPSA) is 93.3 Å². The van der Waals surface area contributed by atoms with Crippen molar-refractivity contribution in [3.63, 3.8) is 0 Å². The zero-order chi connectivity index (χ0) is 10.3. The van der Waals surface area contributed by atoms with Crippen molar-refractivity contribution < 1.29 is 13.5 Å². The van der Waals surface area contributed by atoms with Crippen molar-refractivity contribution in [1.82, 2.24) is 4.98 Å². The zero-order valence-electron chi connectivity index (χ0n) is 6.84. The molecule has 0 atom stereocenters. The van der Waals surface area contributed by atoms with Gasteiger partial charge in [0.05, 0.1) is 4.70 Å². The smallest absolute Gasteiger partial charge is 0.265 e. The lowest BCUT2D eigenvalue weighted by Crippen LogP contribution is -2.11. The molecular formula is C7H6N2O3S2. The van der Waals surface area contributed by atoms with E-state index in [1.165, 1.54) is 6.07 Å². The number of benzene rings is 1. The van der Waals surface area contributed by atoms with Gasteiger partial charge in [-0.1, -0.05) is 6.07 Å². The van der Waals surface area contributed by atoms with E-state index >= 15 is 0 Å². The number of hydrogen-bond donors (Lipinski definition) is 2. The Labute approximate surface area is 83.9 Å². The van der Waals surface area contributed by atoms with E-state index in [0.717, 1.165) is 11.3 Å². The van der Waals surface area contributed by atoms with Gasteiger partial charge in [-0.25, -0.2) is 18.5 Å². The van der Waals surface area contributed by atoms with Gasteiger partial charge in [-0.2, -0.15) is 0 Å². The molecular weight excluding hydrogens is 224 g/mol. The lowest BCUT2D eigenvalue weighted by Gasteiger charge is -1.89. The van der Waals surface area contributed by atoms with Gasteiger partial charge in [0, 0.05) is 0 Å². The fraction of sp³-hybridized carbons (Fsp3) is 0. The van der Waals surface area contributed by atoms with Gasteiger partial charge >= 0.3 is 0 Å². The van der Waals surface area contributed by atoms with Gasteiger partial charge in [0.15, 0.2) is 0 Å². The minimum atomic E-state index is -3.79. The van der Waals surface area contributed by atoms with E-state index in [4.69, 9.17) is 5.14 Å². The highest BCUT2D eigenvalue weighted by atomic mass is 32.2. The Bertz CT molecular complexity index is 588. The Morgan fingerprint density at radius 3 is 2.71 bits per heavy atom. The van der Waals surface area contributed by atoms with E-state index in [0.29, 0.717) is 4.70 Å². The fourth-order valence-electron chi connectivity index (χ4n) is 1.04. The van der Waals surface area contributed by atoms with Gasteiger partial charge in [-0.15, -0.1) is 11.3 Å². The molecule has 0 unspecified atom stereocenters. The van der Waals surface area contributed by atoms with Crippen molar-refractivity contribution in [3.8, 4) is 5.75 Å². The van der Waals surface area contributed by atoms with Crippen molar-refractivity contribution in [2.24, 2.45) is 5.14 Å². The molecule has 0 amide bonds. The zero-order valence-corrected chi connectivity index (χ0v) is 8.47. The van der Waals surface area contributed by atoms with Crippen LogP contribution in [0.4, 0.5) is 0 Å². The lowest BCUT2D eigenvalue weighted by molar-refractivity contribution is 0.480. The van der Waals surface area contributed by atoms with Gasteiger partial charge in [0.25, 0.3) is 10.0 Å². The number of thiazole rings is 1. The third-order valence-corrected chi connectivity index (χ3v) is 3.96. The second kappa shape index (κ2) is 2.91. The highest BCUT2D eigenvalue weighted by molar-refractivity contribution is 7.91. The minimum absolute atomic E-state index is 0.0475. The van der Waals surface area contributed by atoms with Crippen molar-refractivity contribution in [2.75, 3.05) is 0 Å². The first kappa shape index (κ1) is 9.38. The van der Waals surface area contributed by atoms with Crippen LogP contribution in [0.25, 0.3) is 10.2 Å². The molecule has 7 heteroatoms. The number of sulfonamides is 1. The van der Waals surface area contributed by atoms with Crippen molar-refractivity contribution in [1.29, 1.82) is 0 Å². The van der Waals surface area contributed by atoms with Crippen LogP contribution >= 0.6 is 11.3 Å². The largest absolute Gasteiger partial charge is 0.506 e. The van der Waals surface area contributed by atoms with Gasteiger partial charge < -0.3 is 5.11 Å². The Hall–Kier alpha value is -1.18. The molecule has 0 aliphatic carbocycles. The second-order valence-electron chi connectivity index (χ2n) is 2.65. The summed E-state index contributed by atoms with van der Waals surface area (Å²) >= 11 is 0.934. The normalized spacial score (nSPS) is 12.1. The molecule has 0 aliphatic heterocycles. The van der Waals surface area contributed by atoms with E-state index in [2.05, 4.69) is 4.98 Å². The van der Waals surface area contributed by atoms with Gasteiger partial charge in [-0.05, 0) is 12.1 Å². The Kier molecular flexibility index (Phi) is 1.95. The standard InChI is InChI=1S/C7H6N2O3S2/c8-14(11,12)7-9-6-4(10)2-1-3-5(6)13-7/h1-3,10H,(H2,8,11,12). The summed E-state index contributed by atoms with van der Waals surface area (Å²) in [7, 11) is -3.79. The molecule has 0 spiro atoms. The predicted molar refractivity (Wildman–Crippen MR) is 52.7 cm³/mol. The van der Waals surface area contributed by atoms with Gasteiger partial charge in [0.2, 0.25) is 4.34 Å². The number of nitrogens with two attached hydrogens (primary N) is 1. The molecule has 5 nitrogen and oxygen atoms in total. The molecule has 1 aromatic carbocycles. The maximum atomic E-state index is 11.0. The number of nitrogens with zero attached hydrogens (tertiary/aromatic N) is 1. The SMILES string of the molecule is NS(=O)(=O)c1nc2c(O)cccc2s1. The van der Waals surface area contributed by atoms with Crippen LogP contribution in [-0.4, -0.2) is 18.5 Å². The van der Waals surface area contributed by atoms with Crippen LogP contribution in [0.5, 0.6) is 5.75 Å². The van der Waals surface area contributed by atoms with Crippen LogP contribution < -0.4 is 5.14 Å². The van der Waals surface area contributed by atoms with Crippen LogP contribution in [0, 0.1) is 0 Å². The summed E-state index contributed by atoms with van der Waals surface area (Å²) in [5.41, 5.74) is 0.265. The van der Waals surface area contributed by atoms with Crippen molar-refractivity contribution in [2.45, 2.75) is 4.34 Å². The number of hydrogen-bond acceptors (Lipinski definition) is 5. The number of primary sulfonamides is 1. The van der Waals surface area contributed by atoms with E-state index in [1.54, 1.807) is 12.1 Å². The number of phenols is 1. The molecule has 0 fully saturated rings. The molecule has 1 aromatic heterocycles. The van der Waals surface area contributed by atoms with Crippen LogP contribution in [0.2, 0.25) is 0 Å². The number of para-hydroxylation sites is 1. The first-order valence-electron chi connectivity index (χ1n) is 3.60. The summed E-state index contributed by atoms with van der Waals surface area (Å²) in [5.74, 6) is -0.0475. The lowest BCUT2D eigenvalue weighted by atomic mass is 10.3. The summed E-state index contributed by atoms with van der Waals surface area (Å²) in [6, 6.07) is 4.72. The number of aromatic nitrogens is 1. The van der Waals surface area contributed by atoms with Crippen LogP contribution in [0.3, 0.4) is 0 Å². The summed E-state index contributed by atoms with van der Waals surface area (Å²) in [6.45, 7) is 0. The minimum Gasteiger partial charge on any atom is -0.506 e. The van der Waals surface area contributed by atoms with Gasteiger partial charge in [-0.3, -0.25) is 0 Å². The average molecular weight is 230 g/mol. The summed E-state index contributed by atoms with van der Waals surface area (Å²) < 4.78 is 22.3. The molecule has 0 bridgehead atoms. The molecule has 0 saturated heterocycles. The Balaban J connectivity index is 2.81. The van der Waals surface area contributed by atoms with Crippen LogP contribution in [0.15, 0.2) is 22.5 Å². The highest BCUT2D eigenvalue weighted by Gasteiger charge is 2.15. The maximum Gasteiger partial charge on any atom is 0.265 e. The predicted octanol–water partition coefficient (Wildman–Crippen LogP) is 0.649.